The molecular weight excluding hydrogens is 223 g/mol. The molecule has 0 aliphatic heterocycles. The zero-order valence-corrected chi connectivity index (χ0v) is 8.31. The van der Waals surface area contributed by atoms with E-state index in [-0.39, 0.29) is 5.82 Å². The fourth-order valence-electron chi connectivity index (χ4n) is 1.02. The van der Waals surface area contributed by atoms with E-state index in [2.05, 4.69) is 15.9 Å². The molecule has 3 heteroatoms. The van der Waals surface area contributed by atoms with Crippen molar-refractivity contribution >= 4 is 15.9 Å². The third-order valence-corrected chi connectivity index (χ3v) is 2.30. The van der Waals surface area contributed by atoms with E-state index in [1.165, 1.54) is 12.1 Å². The molecule has 1 aromatic carbocycles. The molecule has 0 fully saturated rings. The van der Waals surface area contributed by atoms with Gasteiger partial charge in [0, 0.05) is 4.47 Å². The van der Waals surface area contributed by atoms with E-state index in [4.69, 9.17) is 5.11 Å². The van der Waals surface area contributed by atoms with Crippen molar-refractivity contribution in [2.45, 2.75) is 19.4 Å². The van der Waals surface area contributed by atoms with Gasteiger partial charge < -0.3 is 5.11 Å². The predicted octanol–water partition coefficient (Wildman–Crippen LogP) is 2.51. The molecule has 66 valence electrons. The summed E-state index contributed by atoms with van der Waals surface area (Å²) in [5.74, 6) is -0.270. The standard InChI is InChI=1S/C9H10BrFO/c1-6(12)4-7-5-8(11)2-3-9(7)10/h2-3,5-6,12H,4H2,1H3/t6-/m1/s1. The van der Waals surface area contributed by atoms with Crippen molar-refractivity contribution in [2.24, 2.45) is 0 Å². The zero-order chi connectivity index (χ0) is 9.14. The fraction of sp³-hybridized carbons (Fsp3) is 0.333. The number of hydrogen-bond acceptors (Lipinski definition) is 1. The average molecular weight is 233 g/mol. The average Bonchev–Trinajstić information content (AvgIpc) is 1.96. The highest BCUT2D eigenvalue weighted by Gasteiger charge is 2.04. The molecule has 1 nitrogen and oxygen atoms in total. The lowest BCUT2D eigenvalue weighted by molar-refractivity contribution is 0.195. The molecule has 1 N–H and O–H groups in total. The predicted molar refractivity (Wildman–Crippen MR) is 49.5 cm³/mol. The Labute approximate surface area is 79.4 Å². The minimum atomic E-state index is -0.442. The molecular formula is C9H10BrFO. The van der Waals surface area contributed by atoms with E-state index in [0.29, 0.717) is 6.42 Å². The Morgan fingerprint density at radius 2 is 2.25 bits per heavy atom. The minimum absolute atomic E-state index is 0.270. The van der Waals surface area contributed by atoms with Gasteiger partial charge in [0.1, 0.15) is 5.82 Å². The summed E-state index contributed by atoms with van der Waals surface area (Å²) in [6.45, 7) is 1.68. The van der Waals surface area contributed by atoms with Crippen LogP contribution < -0.4 is 0 Å². The van der Waals surface area contributed by atoms with Crippen LogP contribution in [-0.4, -0.2) is 11.2 Å². The molecule has 1 aromatic rings. The smallest absolute Gasteiger partial charge is 0.123 e. The first-order chi connectivity index (χ1) is 5.59. The molecule has 1 rings (SSSR count). The third-order valence-electron chi connectivity index (χ3n) is 1.52. The highest BCUT2D eigenvalue weighted by Crippen LogP contribution is 2.19. The number of rotatable bonds is 2. The van der Waals surface area contributed by atoms with Crippen LogP contribution >= 0.6 is 15.9 Å². The third kappa shape index (κ3) is 2.57. The normalized spacial score (nSPS) is 13.0. The van der Waals surface area contributed by atoms with Crippen molar-refractivity contribution in [2.75, 3.05) is 0 Å². The van der Waals surface area contributed by atoms with Gasteiger partial charge in [-0.3, -0.25) is 0 Å². The van der Waals surface area contributed by atoms with Gasteiger partial charge in [0.05, 0.1) is 6.10 Å². The monoisotopic (exact) mass is 232 g/mol. The Kier molecular flexibility index (Phi) is 3.23. The lowest BCUT2D eigenvalue weighted by atomic mass is 10.1. The SMILES string of the molecule is C[C@@H](O)Cc1cc(F)ccc1Br. The summed E-state index contributed by atoms with van der Waals surface area (Å²) in [5.41, 5.74) is 0.796. The first kappa shape index (κ1) is 9.68. The molecule has 0 saturated heterocycles. The van der Waals surface area contributed by atoms with E-state index < -0.39 is 6.10 Å². The number of halogens is 2. The lowest BCUT2D eigenvalue weighted by Crippen LogP contribution is -2.04. The van der Waals surface area contributed by atoms with Gasteiger partial charge in [-0.25, -0.2) is 4.39 Å². The van der Waals surface area contributed by atoms with E-state index in [1.807, 2.05) is 0 Å². The van der Waals surface area contributed by atoms with Crippen LogP contribution in [0.4, 0.5) is 4.39 Å². The molecule has 0 spiro atoms. The fourth-order valence-corrected chi connectivity index (χ4v) is 1.43. The van der Waals surface area contributed by atoms with E-state index >= 15 is 0 Å². The Morgan fingerprint density at radius 1 is 1.58 bits per heavy atom. The first-order valence-electron chi connectivity index (χ1n) is 3.71. The number of aliphatic hydroxyl groups excluding tert-OH is 1. The lowest BCUT2D eigenvalue weighted by Gasteiger charge is -2.06. The van der Waals surface area contributed by atoms with Crippen LogP contribution in [0, 0.1) is 5.82 Å². The van der Waals surface area contributed by atoms with Crippen molar-refractivity contribution < 1.29 is 9.50 Å². The maximum absolute atomic E-state index is 12.7. The van der Waals surface area contributed by atoms with Crippen LogP contribution in [0.1, 0.15) is 12.5 Å². The summed E-state index contributed by atoms with van der Waals surface area (Å²) in [7, 11) is 0. The van der Waals surface area contributed by atoms with Crippen LogP contribution in [0.15, 0.2) is 22.7 Å². The van der Waals surface area contributed by atoms with Crippen molar-refractivity contribution in [3.8, 4) is 0 Å². The van der Waals surface area contributed by atoms with E-state index in [1.54, 1.807) is 13.0 Å². The largest absolute Gasteiger partial charge is 0.393 e. The molecule has 0 radical (unpaired) electrons. The molecule has 0 aliphatic carbocycles. The van der Waals surface area contributed by atoms with Gasteiger partial charge in [-0.2, -0.15) is 0 Å². The number of benzene rings is 1. The highest BCUT2D eigenvalue weighted by atomic mass is 79.9. The van der Waals surface area contributed by atoms with Gasteiger partial charge >= 0.3 is 0 Å². The minimum Gasteiger partial charge on any atom is -0.393 e. The summed E-state index contributed by atoms with van der Waals surface area (Å²) in [4.78, 5) is 0. The molecule has 0 saturated carbocycles. The van der Waals surface area contributed by atoms with Crippen molar-refractivity contribution in [1.82, 2.24) is 0 Å². The van der Waals surface area contributed by atoms with Gasteiger partial charge in [-0.05, 0) is 37.1 Å². The highest BCUT2D eigenvalue weighted by molar-refractivity contribution is 9.10. The first-order valence-corrected chi connectivity index (χ1v) is 4.51. The molecule has 0 amide bonds. The molecule has 12 heavy (non-hydrogen) atoms. The second-order valence-electron chi connectivity index (χ2n) is 2.79. The molecule has 0 aromatic heterocycles. The molecule has 0 unspecified atom stereocenters. The van der Waals surface area contributed by atoms with Gasteiger partial charge in [0.2, 0.25) is 0 Å². The summed E-state index contributed by atoms with van der Waals surface area (Å²) in [6.07, 6.45) is 0.0290. The van der Waals surface area contributed by atoms with Crippen molar-refractivity contribution in [1.29, 1.82) is 0 Å². The van der Waals surface area contributed by atoms with Gasteiger partial charge in [-0.15, -0.1) is 0 Å². The van der Waals surface area contributed by atoms with Crippen LogP contribution in [0.5, 0.6) is 0 Å². The molecule has 0 bridgehead atoms. The number of hydrogen-bond donors (Lipinski definition) is 1. The molecule has 0 aliphatic rings. The Bertz CT molecular complexity index is 273. The Balaban J connectivity index is 2.90. The summed E-state index contributed by atoms with van der Waals surface area (Å²) in [6, 6.07) is 4.46. The summed E-state index contributed by atoms with van der Waals surface area (Å²) >= 11 is 3.28. The topological polar surface area (TPSA) is 20.2 Å². The van der Waals surface area contributed by atoms with Crippen LogP contribution in [0.3, 0.4) is 0 Å². The van der Waals surface area contributed by atoms with Crippen LogP contribution in [-0.2, 0) is 6.42 Å². The maximum atomic E-state index is 12.7. The van der Waals surface area contributed by atoms with Crippen LogP contribution in [0.2, 0.25) is 0 Å². The van der Waals surface area contributed by atoms with Gasteiger partial charge in [0.25, 0.3) is 0 Å². The van der Waals surface area contributed by atoms with E-state index in [0.717, 1.165) is 10.0 Å². The molecule has 1 atom stereocenters. The second kappa shape index (κ2) is 4.01. The molecule has 0 heterocycles. The van der Waals surface area contributed by atoms with Crippen LogP contribution in [0.25, 0.3) is 0 Å². The summed E-state index contributed by atoms with van der Waals surface area (Å²) in [5, 5.41) is 9.08. The second-order valence-corrected chi connectivity index (χ2v) is 3.64. The van der Waals surface area contributed by atoms with Gasteiger partial charge in [-0.1, -0.05) is 15.9 Å². The van der Waals surface area contributed by atoms with Gasteiger partial charge in [0.15, 0.2) is 0 Å². The van der Waals surface area contributed by atoms with E-state index in [9.17, 15) is 4.39 Å². The van der Waals surface area contributed by atoms with Crippen molar-refractivity contribution in [3.05, 3.63) is 34.1 Å². The Hall–Kier alpha value is -0.410. The summed E-state index contributed by atoms with van der Waals surface area (Å²) < 4.78 is 13.5. The maximum Gasteiger partial charge on any atom is 0.123 e. The quantitative estimate of drug-likeness (QED) is 0.832. The van der Waals surface area contributed by atoms with Crippen molar-refractivity contribution in [3.63, 3.8) is 0 Å². The number of aliphatic hydroxyl groups is 1. The Morgan fingerprint density at radius 3 is 2.83 bits per heavy atom. The zero-order valence-electron chi connectivity index (χ0n) is 6.72.